The topological polar surface area (TPSA) is 38.7 Å². The second kappa shape index (κ2) is 2.55. The number of fused-ring (bicyclic) bond motifs is 1. The standard InChI is InChI=1S/C9H14O3/c1-9(2)11-7-5-3-4-6(10)8(7)12-9/h3-4,6-8,10H,5H2,1-2H3/t6-,7-,8-/m0/s1. The van der Waals surface area contributed by atoms with Crippen LogP contribution >= 0.6 is 0 Å². The van der Waals surface area contributed by atoms with Gasteiger partial charge in [-0.3, -0.25) is 0 Å². The maximum atomic E-state index is 9.52. The Morgan fingerprint density at radius 1 is 1.42 bits per heavy atom. The maximum absolute atomic E-state index is 9.52. The molecule has 12 heavy (non-hydrogen) atoms. The lowest BCUT2D eigenvalue weighted by Gasteiger charge is -2.22. The second-order valence-electron chi connectivity index (χ2n) is 3.79. The molecule has 1 aliphatic heterocycles. The Bertz CT molecular complexity index is 210. The van der Waals surface area contributed by atoms with Crippen molar-refractivity contribution in [3.05, 3.63) is 12.2 Å². The van der Waals surface area contributed by atoms with Crippen LogP contribution in [-0.2, 0) is 9.47 Å². The first kappa shape index (κ1) is 8.23. The molecule has 1 aliphatic carbocycles. The van der Waals surface area contributed by atoms with Gasteiger partial charge in [-0.15, -0.1) is 0 Å². The van der Waals surface area contributed by atoms with Crippen LogP contribution in [0.2, 0.25) is 0 Å². The number of hydrogen-bond donors (Lipinski definition) is 1. The molecular weight excluding hydrogens is 156 g/mol. The van der Waals surface area contributed by atoms with Gasteiger partial charge in [0.05, 0.1) is 6.10 Å². The largest absolute Gasteiger partial charge is 0.386 e. The highest BCUT2D eigenvalue weighted by Crippen LogP contribution is 2.34. The summed E-state index contributed by atoms with van der Waals surface area (Å²) in [7, 11) is 0. The molecule has 1 saturated heterocycles. The van der Waals surface area contributed by atoms with Crippen molar-refractivity contribution < 1.29 is 14.6 Å². The van der Waals surface area contributed by atoms with Crippen LogP contribution in [-0.4, -0.2) is 29.2 Å². The van der Waals surface area contributed by atoms with Gasteiger partial charge >= 0.3 is 0 Å². The molecule has 0 radical (unpaired) electrons. The summed E-state index contributed by atoms with van der Waals surface area (Å²) in [5, 5.41) is 9.52. The van der Waals surface area contributed by atoms with E-state index in [1.54, 1.807) is 6.08 Å². The first-order valence-corrected chi connectivity index (χ1v) is 4.29. The molecule has 2 aliphatic rings. The lowest BCUT2D eigenvalue weighted by molar-refractivity contribution is -0.151. The van der Waals surface area contributed by atoms with Crippen molar-refractivity contribution in [1.82, 2.24) is 0 Å². The molecule has 2 rings (SSSR count). The van der Waals surface area contributed by atoms with E-state index in [2.05, 4.69) is 0 Å². The fourth-order valence-corrected chi connectivity index (χ4v) is 1.80. The maximum Gasteiger partial charge on any atom is 0.163 e. The van der Waals surface area contributed by atoms with Gasteiger partial charge in [-0.05, 0) is 20.3 Å². The Morgan fingerprint density at radius 2 is 2.17 bits per heavy atom. The Labute approximate surface area is 72.0 Å². The van der Waals surface area contributed by atoms with E-state index >= 15 is 0 Å². The zero-order valence-electron chi connectivity index (χ0n) is 7.36. The van der Waals surface area contributed by atoms with Gasteiger partial charge in [-0.2, -0.15) is 0 Å². The normalized spacial score (nSPS) is 44.4. The Balaban J connectivity index is 2.15. The lowest BCUT2D eigenvalue weighted by atomic mass is 9.99. The molecule has 0 amide bonds. The van der Waals surface area contributed by atoms with E-state index in [4.69, 9.17) is 9.47 Å². The third-order valence-corrected chi connectivity index (χ3v) is 2.26. The van der Waals surface area contributed by atoms with Crippen molar-refractivity contribution in [2.75, 3.05) is 0 Å². The van der Waals surface area contributed by atoms with E-state index in [1.807, 2.05) is 19.9 Å². The molecule has 3 nitrogen and oxygen atoms in total. The molecule has 0 aromatic rings. The summed E-state index contributed by atoms with van der Waals surface area (Å²) in [6, 6.07) is 0. The van der Waals surface area contributed by atoms with Crippen LogP contribution in [0.4, 0.5) is 0 Å². The van der Waals surface area contributed by atoms with Gasteiger partial charge in [0.1, 0.15) is 12.2 Å². The highest BCUT2D eigenvalue weighted by molar-refractivity contribution is 5.05. The third kappa shape index (κ3) is 1.28. The molecule has 0 saturated carbocycles. The molecule has 1 heterocycles. The van der Waals surface area contributed by atoms with Gasteiger partial charge in [0, 0.05) is 0 Å². The van der Waals surface area contributed by atoms with Crippen LogP contribution in [0, 0.1) is 0 Å². The number of hydrogen-bond acceptors (Lipinski definition) is 3. The number of aliphatic hydroxyl groups is 1. The van der Waals surface area contributed by atoms with Gasteiger partial charge in [0.25, 0.3) is 0 Å². The smallest absolute Gasteiger partial charge is 0.163 e. The van der Waals surface area contributed by atoms with E-state index < -0.39 is 11.9 Å². The quantitative estimate of drug-likeness (QED) is 0.547. The SMILES string of the molecule is CC1(C)O[C@@H]2[C@H](CC=C[C@@H]2O)O1. The van der Waals surface area contributed by atoms with Gasteiger partial charge in [-0.25, -0.2) is 0 Å². The lowest BCUT2D eigenvalue weighted by Crippen LogP contribution is -2.36. The predicted octanol–water partition coefficient (Wildman–Crippen LogP) is 0.827. The average molecular weight is 170 g/mol. The molecule has 1 fully saturated rings. The molecule has 3 heteroatoms. The fraction of sp³-hybridized carbons (Fsp3) is 0.778. The van der Waals surface area contributed by atoms with Crippen molar-refractivity contribution in [2.45, 2.75) is 44.4 Å². The highest BCUT2D eigenvalue weighted by atomic mass is 16.8. The van der Waals surface area contributed by atoms with Crippen LogP contribution in [0.15, 0.2) is 12.2 Å². The van der Waals surface area contributed by atoms with Crippen LogP contribution in [0.5, 0.6) is 0 Å². The Morgan fingerprint density at radius 3 is 2.83 bits per heavy atom. The fourth-order valence-electron chi connectivity index (χ4n) is 1.80. The van der Waals surface area contributed by atoms with Crippen molar-refractivity contribution in [2.24, 2.45) is 0 Å². The van der Waals surface area contributed by atoms with Crippen LogP contribution in [0.3, 0.4) is 0 Å². The van der Waals surface area contributed by atoms with Crippen molar-refractivity contribution in [3.8, 4) is 0 Å². The monoisotopic (exact) mass is 170 g/mol. The zero-order chi connectivity index (χ0) is 8.77. The minimum Gasteiger partial charge on any atom is -0.386 e. The summed E-state index contributed by atoms with van der Waals surface area (Å²) in [6.45, 7) is 3.75. The highest BCUT2D eigenvalue weighted by Gasteiger charge is 2.44. The molecule has 0 aromatic heterocycles. The molecule has 68 valence electrons. The van der Waals surface area contributed by atoms with E-state index in [1.165, 1.54) is 0 Å². The third-order valence-electron chi connectivity index (χ3n) is 2.26. The van der Waals surface area contributed by atoms with Crippen molar-refractivity contribution in [3.63, 3.8) is 0 Å². The van der Waals surface area contributed by atoms with Crippen LogP contribution < -0.4 is 0 Å². The minimum atomic E-state index is -0.539. The van der Waals surface area contributed by atoms with E-state index in [-0.39, 0.29) is 12.2 Å². The first-order valence-electron chi connectivity index (χ1n) is 4.29. The van der Waals surface area contributed by atoms with E-state index in [0.717, 1.165) is 6.42 Å². The first-order chi connectivity index (χ1) is 5.58. The summed E-state index contributed by atoms with van der Waals surface area (Å²) < 4.78 is 11.1. The van der Waals surface area contributed by atoms with Gasteiger partial charge in [0.2, 0.25) is 0 Å². The van der Waals surface area contributed by atoms with Crippen molar-refractivity contribution >= 4 is 0 Å². The van der Waals surface area contributed by atoms with Gasteiger partial charge < -0.3 is 14.6 Å². The minimum absolute atomic E-state index is 0.0278. The van der Waals surface area contributed by atoms with E-state index in [9.17, 15) is 5.11 Å². The predicted molar refractivity (Wildman–Crippen MR) is 43.6 cm³/mol. The zero-order valence-corrected chi connectivity index (χ0v) is 7.36. The molecule has 1 N–H and O–H groups in total. The summed E-state index contributed by atoms with van der Waals surface area (Å²) >= 11 is 0. The summed E-state index contributed by atoms with van der Waals surface area (Å²) in [5.74, 6) is -0.539. The molecule has 0 spiro atoms. The number of ether oxygens (including phenoxy) is 2. The van der Waals surface area contributed by atoms with Gasteiger partial charge in [-0.1, -0.05) is 12.2 Å². The molecular formula is C9H14O3. The Kier molecular flexibility index (Phi) is 1.75. The van der Waals surface area contributed by atoms with E-state index in [0.29, 0.717) is 0 Å². The van der Waals surface area contributed by atoms with Crippen molar-refractivity contribution in [1.29, 1.82) is 0 Å². The van der Waals surface area contributed by atoms with Gasteiger partial charge in [0.15, 0.2) is 5.79 Å². The molecule has 0 bridgehead atoms. The van der Waals surface area contributed by atoms with Crippen LogP contribution in [0.25, 0.3) is 0 Å². The Hall–Kier alpha value is -0.380. The summed E-state index contributed by atoms with van der Waals surface area (Å²) in [6.07, 6.45) is 3.89. The summed E-state index contributed by atoms with van der Waals surface area (Å²) in [5.41, 5.74) is 0. The second-order valence-corrected chi connectivity index (χ2v) is 3.79. The average Bonchev–Trinajstić information content (AvgIpc) is 2.25. The number of rotatable bonds is 0. The molecule has 0 unspecified atom stereocenters. The molecule has 0 aromatic carbocycles. The summed E-state index contributed by atoms with van der Waals surface area (Å²) in [4.78, 5) is 0. The van der Waals surface area contributed by atoms with Crippen LogP contribution in [0.1, 0.15) is 20.3 Å². The molecule has 3 atom stereocenters. The number of aliphatic hydroxyl groups excluding tert-OH is 1.